The Balaban J connectivity index is 1.68. The number of nitrogens with one attached hydrogen (secondary N) is 1. The molecule has 0 unspecified atom stereocenters. The first-order valence-electron chi connectivity index (χ1n) is 7.53. The van der Waals surface area contributed by atoms with E-state index < -0.39 is 0 Å². The van der Waals surface area contributed by atoms with Gasteiger partial charge in [-0.3, -0.25) is 9.78 Å². The van der Waals surface area contributed by atoms with E-state index in [1.54, 1.807) is 42.1 Å². The second kappa shape index (κ2) is 7.70. The van der Waals surface area contributed by atoms with Crippen molar-refractivity contribution in [2.75, 3.05) is 5.32 Å². The fourth-order valence-corrected chi connectivity index (χ4v) is 2.90. The van der Waals surface area contributed by atoms with E-state index in [0.717, 1.165) is 11.1 Å². The third-order valence-electron chi connectivity index (χ3n) is 3.57. The number of amides is 1. The molecule has 0 aliphatic heterocycles. The van der Waals surface area contributed by atoms with Gasteiger partial charge in [0, 0.05) is 24.2 Å². The van der Waals surface area contributed by atoms with Crippen LogP contribution in [0.2, 0.25) is 0 Å². The summed E-state index contributed by atoms with van der Waals surface area (Å²) in [7, 11) is 0. The highest BCUT2D eigenvalue weighted by molar-refractivity contribution is 7.08. The van der Waals surface area contributed by atoms with Crippen LogP contribution in [-0.4, -0.2) is 15.9 Å². The van der Waals surface area contributed by atoms with Gasteiger partial charge >= 0.3 is 0 Å². The van der Waals surface area contributed by atoms with Crippen LogP contribution in [0.1, 0.15) is 24.0 Å². The summed E-state index contributed by atoms with van der Waals surface area (Å²) in [4.78, 5) is 20.7. The fourth-order valence-electron chi connectivity index (χ4n) is 2.14. The minimum Gasteiger partial charge on any atom is -0.485 e. The zero-order chi connectivity index (χ0) is 16.8. The SMILES string of the molecule is C[C@@H](C(=O)Nc1ncccc1OCc1cccnc1)c1ccsc1. The smallest absolute Gasteiger partial charge is 0.232 e. The van der Waals surface area contributed by atoms with E-state index in [0.29, 0.717) is 18.2 Å². The van der Waals surface area contributed by atoms with Crippen molar-refractivity contribution in [2.24, 2.45) is 0 Å². The number of aromatic nitrogens is 2. The van der Waals surface area contributed by atoms with Crippen LogP contribution in [0.3, 0.4) is 0 Å². The number of hydrogen-bond donors (Lipinski definition) is 1. The van der Waals surface area contributed by atoms with Gasteiger partial charge in [-0.2, -0.15) is 11.3 Å². The predicted molar refractivity (Wildman–Crippen MR) is 94.2 cm³/mol. The molecular formula is C18H17N3O2S. The molecule has 0 aliphatic rings. The van der Waals surface area contributed by atoms with Gasteiger partial charge in [-0.25, -0.2) is 4.98 Å². The Morgan fingerprint density at radius 3 is 2.92 bits per heavy atom. The number of ether oxygens (including phenoxy) is 1. The van der Waals surface area contributed by atoms with E-state index >= 15 is 0 Å². The van der Waals surface area contributed by atoms with Crippen molar-refractivity contribution in [1.29, 1.82) is 0 Å². The molecule has 3 aromatic heterocycles. The predicted octanol–water partition coefficient (Wildman–Crippen LogP) is 3.86. The Morgan fingerprint density at radius 1 is 1.29 bits per heavy atom. The van der Waals surface area contributed by atoms with Gasteiger partial charge in [-0.1, -0.05) is 6.07 Å². The minimum absolute atomic E-state index is 0.113. The molecule has 6 heteroatoms. The molecule has 0 bridgehead atoms. The first-order valence-corrected chi connectivity index (χ1v) is 8.48. The topological polar surface area (TPSA) is 64.1 Å². The summed E-state index contributed by atoms with van der Waals surface area (Å²) in [5, 5.41) is 6.78. The molecule has 0 aliphatic carbocycles. The molecule has 5 nitrogen and oxygen atoms in total. The summed E-state index contributed by atoms with van der Waals surface area (Å²) >= 11 is 1.57. The van der Waals surface area contributed by atoms with Gasteiger partial charge in [0.25, 0.3) is 0 Å². The lowest BCUT2D eigenvalue weighted by molar-refractivity contribution is -0.117. The summed E-state index contributed by atoms with van der Waals surface area (Å²) in [6.45, 7) is 2.24. The van der Waals surface area contributed by atoms with Crippen LogP contribution in [0.5, 0.6) is 5.75 Å². The van der Waals surface area contributed by atoms with Crippen molar-refractivity contribution in [2.45, 2.75) is 19.4 Å². The van der Waals surface area contributed by atoms with Crippen molar-refractivity contribution in [3.05, 3.63) is 70.8 Å². The van der Waals surface area contributed by atoms with Gasteiger partial charge in [-0.15, -0.1) is 0 Å². The maximum absolute atomic E-state index is 12.4. The number of carbonyl (C=O) groups is 1. The molecule has 1 N–H and O–H groups in total. The third kappa shape index (κ3) is 3.97. The maximum atomic E-state index is 12.4. The molecule has 24 heavy (non-hydrogen) atoms. The summed E-state index contributed by atoms with van der Waals surface area (Å²) < 4.78 is 5.78. The molecule has 0 aromatic carbocycles. The maximum Gasteiger partial charge on any atom is 0.232 e. The number of carbonyl (C=O) groups excluding carboxylic acids is 1. The molecule has 0 saturated heterocycles. The molecule has 0 fully saturated rings. The van der Waals surface area contributed by atoms with E-state index in [1.807, 2.05) is 35.9 Å². The van der Waals surface area contributed by atoms with E-state index in [2.05, 4.69) is 15.3 Å². The molecule has 0 spiro atoms. The summed E-state index contributed by atoms with van der Waals surface area (Å²) in [5.41, 5.74) is 1.94. The Morgan fingerprint density at radius 2 is 2.17 bits per heavy atom. The highest BCUT2D eigenvalue weighted by Crippen LogP contribution is 2.25. The lowest BCUT2D eigenvalue weighted by Gasteiger charge is -2.14. The average molecular weight is 339 g/mol. The Labute approximate surface area is 144 Å². The molecule has 122 valence electrons. The van der Waals surface area contributed by atoms with Gasteiger partial charge in [-0.05, 0) is 47.5 Å². The Hall–Kier alpha value is -2.73. The summed E-state index contributed by atoms with van der Waals surface area (Å²) in [6.07, 6.45) is 5.08. The number of anilines is 1. The van der Waals surface area contributed by atoms with Gasteiger partial charge in [0.05, 0.1) is 5.92 Å². The first-order chi connectivity index (χ1) is 11.7. The lowest BCUT2D eigenvalue weighted by atomic mass is 10.0. The van der Waals surface area contributed by atoms with Crippen molar-refractivity contribution in [1.82, 2.24) is 9.97 Å². The van der Waals surface area contributed by atoms with Crippen molar-refractivity contribution in [3.63, 3.8) is 0 Å². The van der Waals surface area contributed by atoms with Crippen LogP contribution in [-0.2, 0) is 11.4 Å². The molecule has 3 aromatic rings. The second-order valence-corrected chi connectivity index (χ2v) is 6.05. The second-order valence-electron chi connectivity index (χ2n) is 5.27. The highest BCUT2D eigenvalue weighted by Gasteiger charge is 2.18. The number of nitrogens with zero attached hydrogens (tertiary/aromatic N) is 2. The van der Waals surface area contributed by atoms with Crippen LogP contribution in [0, 0.1) is 0 Å². The third-order valence-corrected chi connectivity index (χ3v) is 4.27. The van der Waals surface area contributed by atoms with Crippen LogP contribution < -0.4 is 10.1 Å². The molecular weight excluding hydrogens is 322 g/mol. The largest absolute Gasteiger partial charge is 0.485 e. The zero-order valence-electron chi connectivity index (χ0n) is 13.2. The van der Waals surface area contributed by atoms with Gasteiger partial charge in [0.15, 0.2) is 11.6 Å². The van der Waals surface area contributed by atoms with Crippen LogP contribution >= 0.6 is 11.3 Å². The van der Waals surface area contributed by atoms with Gasteiger partial charge in [0.1, 0.15) is 6.61 Å². The van der Waals surface area contributed by atoms with Crippen molar-refractivity contribution in [3.8, 4) is 5.75 Å². The van der Waals surface area contributed by atoms with Crippen LogP contribution in [0.4, 0.5) is 5.82 Å². The minimum atomic E-state index is -0.246. The lowest BCUT2D eigenvalue weighted by Crippen LogP contribution is -2.19. The molecule has 0 radical (unpaired) electrons. The molecule has 1 amide bonds. The van der Waals surface area contributed by atoms with E-state index in [1.165, 1.54) is 0 Å². The van der Waals surface area contributed by atoms with E-state index in [-0.39, 0.29) is 11.8 Å². The fraction of sp³-hybridized carbons (Fsp3) is 0.167. The zero-order valence-corrected chi connectivity index (χ0v) is 14.0. The normalized spacial score (nSPS) is 11.7. The van der Waals surface area contributed by atoms with Crippen LogP contribution in [0.15, 0.2) is 59.7 Å². The highest BCUT2D eigenvalue weighted by atomic mass is 32.1. The van der Waals surface area contributed by atoms with Crippen molar-refractivity contribution >= 4 is 23.1 Å². The number of thiophene rings is 1. The van der Waals surface area contributed by atoms with Crippen LogP contribution in [0.25, 0.3) is 0 Å². The molecule has 1 atom stereocenters. The Bertz CT molecular complexity index is 791. The molecule has 0 saturated carbocycles. The van der Waals surface area contributed by atoms with E-state index in [9.17, 15) is 4.79 Å². The monoisotopic (exact) mass is 339 g/mol. The van der Waals surface area contributed by atoms with Gasteiger partial charge in [0.2, 0.25) is 5.91 Å². The van der Waals surface area contributed by atoms with Crippen molar-refractivity contribution < 1.29 is 9.53 Å². The van der Waals surface area contributed by atoms with E-state index in [4.69, 9.17) is 4.74 Å². The summed E-state index contributed by atoms with van der Waals surface area (Å²) in [5.74, 6) is 0.600. The molecule has 3 heterocycles. The number of rotatable bonds is 6. The Kier molecular flexibility index (Phi) is 5.18. The van der Waals surface area contributed by atoms with Gasteiger partial charge < -0.3 is 10.1 Å². The number of pyridine rings is 2. The molecule has 3 rings (SSSR count). The number of hydrogen-bond acceptors (Lipinski definition) is 5. The quantitative estimate of drug-likeness (QED) is 0.741. The summed E-state index contributed by atoms with van der Waals surface area (Å²) in [6, 6.07) is 9.30. The standard InChI is InChI=1S/C18H17N3O2S/c1-13(15-6-9-24-12-15)18(22)21-17-16(5-3-8-20-17)23-11-14-4-2-7-19-10-14/h2-10,12-13H,11H2,1H3,(H,20,21,22)/t13-/m1/s1. The first kappa shape index (κ1) is 16.1. The average Bonchev–Trinajstić information content (AvgIpc) is 3.16.